The summed E-state index contributed by atoms with van der Waals surface area (Å²) in [6, 6.07) is 3.26. The first kappa shape index (κ1) is 12.3. The molecule has 3 heteroatoms. The molecule has 0 aliphatic heterocycles. The number of Topliss-reactive ketones (excluding diaryl/α,β-unsaturated/α-hetero) is 1. The maximum absolute atomic E-state index is 11.6. The summed E-state index contributed by atoms with van der Waals surface area (Å²) in [5.74, 6) is 0.496. The molecule has 16 heavy (non-hydrogen) atoms. The number of phenolic OH excluding ortho intramolecular Hbond substituents is 1. The number of phenols is 1. The van der Waals surface area contributed by atoms with Crippen LogP contribution in [0.4, 0.5) is 0 Å². The Labute approximate surface area is 95.4 Å². The Hall–Kier alpha value is -1.77. The number of methoxy groups -OCH3 is 1. The predicted molar refractivity (Wildman–Crippen MR) is 64.0 cm³/mol. The zero-order chi connectivity index (χ0) is 12.1. The minimum absolute atomic E-state index is 0.0192. The fourth-order valence-corrected chi connectivity index (χ4v) is 1.46. The third-order valence-corrected chi connectivity index (χ3v) is 2.32. The topological polar surface area (TPSA) is 46.5 Å². The molecule has 0 unspecified atom stereocenters. The van der Waals surface area contributed by atoms with Crippen LogP contribution in [0.1, 0.15) is 36.2 Å². The first-order valence-corrected chi connectivity index (χ1v) is 5.20. The zero-order valence-electron chi connectivity index (χ0n) is 9.78. The second-order valence-electron chi connectivity index (χ2n) is 3.39. The van der Waals surface area contributed by atoms with Gasteiger partial charge in [0.25, 0.3) is 0 Å². The largest absolute Gasteiger partial charge is 0.507 e. The zero-order valence-corrected chi connectivity index (χ0v) is 9.78. The molecule has 1 aromatic carbocycles. The Morgan fingerprint density at radius 1 is 1.50 bits per heavy atom. The van der Waals surface area contributed by atoms with Crippen molar-refractivity contribution in [3.8, 4) is 11.5 Å². The van der Waals surface area contributed by atoms with E-state index in [0.717, 1.165) is 0 Å². The first-order valence-electron chi connectivity index (χ1n) is 5.20. The molecule has 0 saturated heterocycles. The third kappa shape index (κ3) is 2.42. The highest BCUT2D eigenvalue weighted by Crippen LogP contribution is 2.30. The molecule has 0 aliphatic rings. The van der Waals surface area contributed by atoms with Crippen molar-refractivity contribution in [3.05, 3.63) is 29.3 Å². The Balaban J connectivity index is 3.36. The van der Waals surface area contributed by atoms with Gasteiger partial charge in [-0.15, -0.1) is 0 Å². The quantitative estimate of drug-likeness (QED) is 0.793. The van der Waals surface area contributed by atoms with Crippen LogP contribution in [0.3, 0.4) is 0 Å². The summed E-state index contributed by atoms with van der Waals surface area (Å²) in [4.78, 5) is 11.6. The molecule has 3 nitrogen and oxygen atoms in total. The minimum atomic E-state index is -0.0952. The third-order valence-electron chi connectivity index (χ3n) is 2.32. The molecular weight excluding hydrogens is 204 g/mol. The minimum Gasteiger partial charge on any atom is -0.507 e. The van der Waals surface area contributed by atoms with Crippen molar-refractivity contribution in [1.82, 2.24) is 0 Å². The van der Waals surface area contributed by atoms with Gasteiger partial charge in [-0.1, -0.05) is 19.1 Å². The molecule has 0 saturated carbocycles. The van der Waals surface area contributed by atoms with Gasteiger partial charge >= 0.3 is 0 Å². The fourth-order valence-electron chi connectivity index (χ4n) is 1.46. The van der Waals surface area contributed by atoms with E-state index in [1.54, 1.807) is 31.2 Å². The van der Waals surface area contributed by atoms with Gasteiger partial charge in [0.1, 0.15) is 11.5 Å². The lowest BCUT2D eigenvalue weighted by Gasteiger charge is -2.09. The SMILES string of the molecule is C/C=C/c1cc(OC)cc(C(=O)CC)c1O. The number of hydrogen-bond acceptors (Lipinski definition) is 3. The summed E-state index contributed by atoms with van der Waals surface area (Å²) in [6.45, 7) is 3.61. The smallest absolute Gasteiger partial charge is 0.166 e. The molecule has 0 fully saturated rings. The highest BCUT2D eigenvalue weighted by Gasteiger charge is 2.14. The molecule has 1 aromatic rings. The Morgan fingerprint density at radius 3 is 2.69 bits per heavy atom. The van der Waals surface area contributed by atoms with Crippen LogP contribution in [-0.4, -0.2) is 18.0 Å². The van der Waals surface area contributed by atoms with Crippen LogP contribution in [-0.2, 0) is 0 Å². The number of carbonyl (C=O) groups is 1. The Bertz CT molecular complexity index is 419. The number of hydrogen-bond donors (Lipinski definition) is 1. The van der Waals surface area contributed by atoms with E-state index in [2.05, 4.69) is 0 Å². The standard InChI is InChI=1S/C13H16O3/c1-4-6-9-7-10(16-3)8-11(13(9)15)12(14)5-2/h4,6-8,15H,5H2,1-3H3/b6-4+. The number of carbonyl (C=O) groups excluding carboxylic acids is 1. The van der Waals surface area contributed by atoms with Gasteiger partial charge in [-0.3, -0.25) is 4.79 Å². The Kier molecular flexibility index (Phi) is 4.11. The van der Waals surface area contributed by atoms with E-state index >= 15 is 0 Å². The summed E-state index contributed by atoms with van der Waals surface area (Å²) >= 11 is 0. The van der Waals surface area contributed by atoms with Crippen LogP contribution in [0.15, 0.2) is 18.2 Å². The Morgan fingerprint density at radius 2 is 2.19 bits per heavy atom. The average Bonchev–Trinajstić information content (AvgIpc) is 2.31. The molecule has 0 radical (unpaired) electrons. The van der Waals surface area contributed by atoms with E-state index in [4.69, 9.17) is 4.74 Å². The summed E-state index contributed by atoms with van der Waals surface area (Å²) in [6.07, 6.45) is 3.90. The lowest BCUT2D eigenvalue weighted by Crippen LogP contribution is -1.99. The lowest BCUT2D eigenvalue weighted by molar-refractivity contribution is 0.0985. The second-order valence-corrected chi connectivity index (χ2v) is 3.39. The van der Waals surface area contributed by atoms with Crippen LogP contribution in [0.5, 0.6) is 11.5 Å². The van der Waals surface area contributed by atoms with Crippen molar-refractivity contribution < 1.29 is 14.6 Å². The van der Waals surface area contributed by atoms with Gasteiger partial charge in [0.15, 0.2) is 5.78 Å². The van der Waals surface area contributed by atoms with E-state index in [-0.39, 0.29) is 11.5 Å². The van der Waals surface area contributed by atoms with E-state index in [0.29, 0.717) is 23.3 Å². The maximum Gasteiger partial charge on any atom is 0.166 e. The molecule has 1 rings (SSSR count). The highest BCUT2D eigenvalue weighted by atomic mass is 16.5. The molecule has 0 atom stereocenters. The first-order chi connectivity index (χ1) is 7.63. The van der Waals surface area contributed by atoms with Crippen molar-refractivity contribution in [2.24, 2.45) is 0 Å². The highest BCUT2D eigenvalue weighted by molar-refractivity contribution is 5.99. The van der Waals surface area contributed by atoms with Crippen LogP contribution < -0.4 is 4.74 Å². The summed E-state index contributed by atoms with van der Waals surface area (Å²) < 4.78 is 5.09. The molecule has 0 heterocycles. The van der Waals surface area contributed by atoms with Crippen molar-refractivity contribution in [1.29, 1.82) is 0 Å². The number of ether oxygens (including phenoxy) is 1. The molecule has 0 spiro atoms. The molecule has 0 bridgehead atoms. The monoisotopic (exact) mass is 220 g/mol. The number of allylic oxidation sites excluding steroid dienone is 1. The van der Waals surface area contributed by atoms with Gasteiger partial charge in [0, 0.05) is 12.0 Å². The van der Waals surface area contributed by atoms with Crippen LogP contribution >= 0.6 is 0 Å². The van der Waals surface area contributed by atoms with Gasteiger partial charge < -0.3 is 9.84 Å². The van der Waals surface area contributed by atoms with Crippen molar-refractivity contribution in [3.63, 3.8) is 0 Å². The average molecular weight is 220 g/mol. The molecule has 86 valence electrons. The van der Waals surface area contributed by atoms with Crippen LogP contribution in [0, 0.1) is 0 Å². The van der Waals surface area contributed by atoms with Gasteiger partial charge in [0.05, 0.1) is 12.7 Å². The summed E-state index contributed by atoms with van der Waals surface area (Å²) in [5, 5.41) is 9.91. The van der Waals surface area contributed by atoms with E-state index in [9.17, 15) is 9.90 Å². The number of rotatable bonds is 4. The van der Waals surface area contributed by atoms with E-state index in [1.807, 2.05) is 6.92 Å². The molecule has 0 aliphatic carbocycles. The van der Waals surface area contributed by atoms with E-state index < -0.39 is 0 Å². The van der Waals surface area contributed by atoms with Crippen molar-refractivity contribution in [2.45, 2.75) is 20.3 Å². The summed E-state index contributed by atoms with van der Waals surface area (Å²) in [5.41, 5.74) is 0.911. The number of aromatic hydroxyl groups is 1. The van der Waals surface area contributed by atoms with E-state index in [1.165, 1.54) is 7.11 Å². The lowest BCUT2D eigenvalue weighted by atomic mass is 10.0. The van der Waals surface area contributed by atoms with Gasteiger partial charge in [-0.2, -0.15) is 0 Å². The van der Waals surface area contributed by atoms with Crippen LogP contribution in [0.25, 0.3) is 6.08 Å². The molecule has 1 N–H and O–H groups in total. The maximum atomic E-state index is 11.6. The number of benzene rings is 1. The van der Waals surface area contributed by atoms with Gasteiger partial charge in [0.2, 0.25) is 0 Å². The van der Waals surface area contributed by atoms with Gasteiger partial charge in [-0.05, 0) is 19.1 Å². The van der Waals surface area contributed by atoms with Crippen LogP contribution in [0.2, 0.25) is 0 Å². The van der Waals surface area contributed by atoms with Crippen molar-refractivity contribution in [2.75, 3.05) is 7.11 Å². The second kappa shape index (κ2) is 5.35. The molecule has 0 aromatic heterocycles. The summed E-state index contributed by atoms with van der Waals surface area (Å²) in [7, 11) is 1.53. The van der Waals surface area contributed by atoms with Crippen molar-refractivity contribution >= 4 is 11.9 Å². The normalized spacial score (nSPS) is 10.7. The number of ketones is 1. The molecule has 0 amide bonds. The fraction of sp³-hybridized carbons (Fsp3) is 0.308. The predicted octanol–water partition coefficient (Wildman–Crippen LogP) is 3.03. The molecular formula is C13H16O3. The van der Waals surface area contributed by atoms with Gasteiger partial charge in [-0.25, -0.2) is 0 Å².